The van der Waals surface area contributed by atoms with E-state index in [4.69, 9.17) is 4.18 Å². The minimum Gasteiger partial charge on any atom is -0.266 e. The maximum Gasteiger partial charge on any atom is 0.264 e. The second-order valence-corrected chi connectivity index (χ2v) is 7.77. The van der Waals surface area contributed by atoms with Gasteiger partial charge in [-0.3, -0.25) is 4.18 Å². The lowest BCUT2D eigenvalue weighted by Crippen LogP contribution is -2.24. The third-order valence-corrected chi connectivity index (χ3v) is 5.20. The highest BCUT2D eigenvalue weighted by atomic mass is 32.2. The zero-order valence-electron chi connectivity index (χ0n) is 12.0. The number of hydrogen-bond acceptors (Lipinski definition) is 4. The van der Waals surface area contributed by atoms with Gasteiger partial charge in [-0.15, -0.1) is 11.8 Å². The van der Waals surface area contributed by atoms with E-state index in [-0.39, 0.29) is 12.0 Å². The highest BCUT2D eigenvalue weighted by Gasteiger charge is 2.30. The molecule has 0 bridgehead atoms. The summed E-state index contributed by atoms with van der Waals surface area (Å²) in [6.45, 7) is 0. The van der Waals surface area contributed by atoms with Crippen LogP contribution in [0.1, 0.15) is 43.6 Å². The highest BCUT2D eigenvalue weighted by molar-refractivity contribution is 7.98. The average molecular weight is 314 g/mol. The minimum absolute atomic E-state index is 0.177. The van der Waals surface area contributed by atoms with Crippen molar-refractivity contribution in [3.8, 4) is 0 Å². The van der Waals surface area contributed by atoms with Gasteiger partial charge in [0.1, 0.15) is 0 Å². The Labute approximate surface area is 126 Å². The van der Waals surface area contributed by atoms with E-state index in [1.54, 1.807) is 11.8 Å². The van der Waals surface area contributed by atoms with Crippen LogP contribution in [0, 0.1) is 0 Å². The lowest BCUT2D eigenvalue weighted by atomic mass is 9.89. The van der Waals surface area contributed by atoms with Gasteiger partial charge in [-0.2, -0.15) is 8.42 Å². The fourth-order valence-electron chi connectivity index (χ4n) is 2.94. The molecule has 1 aromatic carbocycles. The molecule has 3 nitrogen and oxygen atoms in total. The Balaban J connectivity index is 2.32. The smallest absolute Gasteiger partial charge is 0.264 e. The molecule has 5 heteroatoms. The predicted molar refractivity (Wildman–Crippen MR) is 83.8 cm³/mol. The van der Waals surface area contributed by atoms with E-state index in [1.807, 2.05) is 12.1 Å². The fraction of sp³-hybridized carbons (Fsp3) is 0.600. The second kappa shape index (κ2) is 6.96. The Bertz CT molecular complexity index is 540. The zero-order chi connectivity index (χ0) is 14.6. The van der Waals surface area contributed by atoms with Crippen LogP contribution in [-0.2, 0) is 14.3 Å². The first-order valence-electron chi connectivity index (χ1n) is 7.02. The van der Waals surface area contributed by atoms with Gasteiger partial charge >= 0.3 is 0 Å². The standard InChI is InChI=1S/C15H22O3S2/c1-19-15-11-7-6-9-13(15)12-8-4-3-5-10-14(12)18-20(2,16)17/h6-7,9,11-12,14H,3-5,8,10H2,1-2H3/t12-,14-/m1/s1. The van der Waals surface area contributed by atoms with Crippen molar-refractivity contribution in [1.82, 2.24) is 0 Å². The van der Waals surface area contributed by atoms with Crippen molar-refractivity contribution in [2.75, 3.05) is 12.5 Å². The highest BCUT2D eigenvalue weighted by Crippen LogP contribution is 2.38. The van der Waals surface area contributed by atoms with Crippen molar-refractivity contribution in [2.45, 2.75) is 49.0 Å². The van der Waals surface area contributed by atoms with Crippen molar-refractivity contribution in [1.29, 1.82) is 0 Å². The maximum atomic E-state index is 11.5. The third-order valence-electron chi connectivity index (χ3n) is 3.79. The molecule has 0 aliphatic heterocycles. The monoisotopic (exact) mass is 314 g/mol. The van der Waals surface area contributed by atoms with Crippen LogP contribution in [0.2, 0.25) is 0 Å². The van der Waals surface area contributed by atoms with Crippen molar-refractivity contribution in [3.63, 3.8) is 0 Å². The van der Waals surface area contributed by atoms with Crippen LogP contribution in [-0.4, -0.2) is 27.0 Å². The Kier molecular flexibility index (Phi) is 5.52. The molecule has 0 aromatic heterocycles. The van der Waals surface area contributed by atoms with Crippen LogP contribution in [0.25, 0.3) is 0 Å². The van der Waals surface area contributed by atoms with Crippen LogP contribution < -0.4 is 0 Å². The minimum atomic E-state index is -3.41. The Hall–Kier alpha value is -0.520. The number of thioether (sulfide) groups is 1. The van der Waals surface area contributed by atoms with Crippen molar-refractivity contribution >= 4 is 21.9 Å². The van der Waals surface area contributed by atoms with Gasteiger partial charge in [0.25, 0.3) is 10.1 Å². The summed E-state index contributed by atoms with van der Waals surface area (Å²) in [4.78, 5) is 1.22. The summed E-state index contributed by atoms with van der Waals surface area (Å²) in [5, 5.41) is 0. The summed E-state index contributed by atoms with van der Waals surface area (Å²) in [7, 11) is -3.41. The van der Waals surface area contributed by atoms with Crippen LogP contribution >= 0.6 is 11.8 Å². The molecule has 2 atom stereocenters. The summed E-state index contributed by atoms with van der Waals surface area (Å²) < 4.78 is 28.4. The summed E-state index contributed by atoms with van der Waals surface area (Å²) in [5.74, 6) is 0.177. The zero-order valence-corrected chi connectivity index (χ0v) is 13.7. The predicted octanol–water partition coefficient (Wildman–Crippen LogP) is 3.80. The van der Waals surface area contributed by atoms with Gasteiger partial charge in [0.05, 0.1) is 12.4 Å². The molecule has 1 saturated carbocycles. The van der Waals surface area contributed by atoms with Crippen molar-refractivity contribution < 1.29 is 12.6 Å². The summed E-state index contributed by atoms with van der Waals surface area (Å²) >= 11 is 1.71. The Morgan fingerprint density at radius 3 is 2.55 bits per heavy atom. The molecule has 0 amide bonds. The van der Waals surface area contributed by atoms with Gasteiger partial charge in [0, 0.05) is 10.8 Å². The molecule has 2 rings (SSSR count). The number of hydrogen-bond donors (Lipinski definition) is 0. The van der Waals surface area contributed by atoms with Gasteiger partial charge in [-0.1, -0.05) is 37.5 Å². The largest absolute Gasteiger partial charge is 0.266 e. The molecule has 0 heterocycles. The van der Waals surface area contributed by atoms with E-state index in [0.717, 1.165) is 38.4 Å². The molecular formula is C15H22O3S2. The van der Waals surface area contributed by atoms with Crippen molar-refractivity contribution in [2.24, 2.45) is 0 Å². The Morgan fingerprint density at radius 1 is 1.15 bits per heavy atom. The van der Waals surface area contributed by atoms with Crippen LogP contribution in [0.5, 0.6) is 0 Å². The summed E-state index contributed by atoms with van der Waals surface area (Å²) in [6, 6.07) is 8.26. The summed E-state index contributed by atoms with van der Waals surface area (Å²) in [6.07, 6.45) is 8.13. The molecule has 0 radical (unpaired) electrons. The van der Waals surface area contributed by atoms with E-state index in [1.165, 1.54) is 10.5 Å². The molecule has 1 fully saturated rings. The molecule has 1 aliphatic rings. The van der Waals surface area contributed by atoms with E-state index < -0.39 is 10.1 Å². The van der Waals surface area contributed by atoms with Crippen LogP contribution in [0.3, 0.4) is 0 Å². The lowest BCUT2D eigenvalue weighted by molar-refractivity contribution is 0.169. The molecule has 1 aromatic rings. The average Bonchev–Trinajstić information content (AvgIpc) is 2.62. The quantitative estimate of drug-likeness (QED) is 0.482. The molecule has 0 unspecified atom stereocenters. The van der Waals surface area contributed by atoms with Gasteiger partial charge in [0.2, 0.25) is 0 Å². The first-order valence-corrected chi connectivity index (χ1v) is 10.1. The fourth-order valence-corrected chi connectivity index (χ4v) is 4.29. The van der Waals surface area contributed by atoms with Gasteiger partial charge in [-0.25, -0.2) is 0 Å². The van der Waals surface area contributed by atoms with E-state index >= 15 is 0 Å². The van der Waals surface area contributed by atoms with Crippen LogP contribution in [0.15, 0.2) is 29.2 Å². The van der Waals surface area contributed by atoms with Crippen LogP contribution in [0.4, 0.5) is 0 Å². The molecule has 0 saturated heterocycles. The molecule has 112 valence electrons. The molecule has 0 spiro atoms. The molecule has 0 N–H and O–H groups in total. The lowest BCUT2D eigenvalue weighted by Gasteiger charge is -2.26. The second-order valence-electron chi connectivity index (χ2n) is 5.33. The summed E-state index contributed by atoms with van der Waals surface area (Å²) in [5.41, 5.74) is 1.23. The maximum absolute atomic E-state index is 11.5. The molecule has 1 aliphatic carbocycles. The van der Waals surface area contributed by atoms with Gasteiger partial charge < -0.3 is 0 Å². The molecule has 20 heavy (non-hydrogen) atoms. The van der Waals surface area contributed by atoms with Gasteiger partial charge in [0.15, 0.2) is 0 Å². The van der Waals surface area contributed by atoms with Gasteiger partial charge in [-0.05, 0) is 30.7 Å². The van der Waals surface area contributed by atoms with Crippen molar-refractivity contribution in [3.05, 3.63) is 29.8 Å². The first-order chi connectivity index (χ1) is 9.51. The normalized spacial score (nSPS) is 24.3. The Morgan fingerprint density at radius 2 is 1.85 bits per heavy atom. The number of benzene rings is 1. The third kappa shape index (κ3) is 4.24. The number of rotatable bonds is 4. The van der Waals surface area contributed by atoms with E-state index in [0.29, 0.717) is 0 Å². The molecular weight excluding hydrogens is 292 g/mol. The van der Waals surface area contributed by atoms with E-state index in [2.05, 4.69) is 18.4 Å². The SMILES string of the molecule is CSc1ccccc1[C@H]1CCCCC[C@H]1OS(C)(=O)=O. The van der Waals surface area contributed by atoms with E-state index in [9.17, 15) is 8.42 Å². The topological polar surface area (TPSA) is 43.4 Å². The first kappa shape index (κ1) is 15.9.